The molecule has 0 radical (unpaired) electrons. The number of benzene rings is 1. The standard InChI is InChI=1S/C19H26FN2/c1-19(2)14-18(21-11-4-3-5-12-21)10-13-22(19)15-16-6-8-17(20)9-7-16/h6-10,13H,3-5,11-12,14-15H2,1-2H3/q+1. The highest BCUT2D eigenvalue weighted by Gasteiger charge is 2.35. The Balaban J connectivity index is 1.76. The molecule has 1 aromatic rings. The van der Waals surface area contributed by atoms with Crippen molar-refractivity contribution in [1.29, 1.82) is 0 Å². The maximum Gasteiger partial charge on any atom is 0.168 e. The third-order valence-electron chi connectivity index (χ3n) is 4.87. The monoisotopic (exact) mass is 301 g/mol. The number of halogens is 1. The molecule has 0 bridgehead atoms. The molecule has 2 aliphatic rings. The largest absolute Gasteiger partial charge is 0.374 e. The van der Waals surface area contributed by atoms with Gasteiger partial charge in [-0.1, -0.05) is 0 Å². The minimum atomic E-state index is -0.169. The average Bonchev–Trinajstić information content (AvgIpc) is 2.52. The fraction of sp³-hybridized carbons (Fsp3) is 0.526. The highest BCUT2D eigenvalue weighted by atomic mass is 19.1. The van der Waals surface area contributed by atoms with Crippen molar-refractivity contribution in [1.82, 2.24) is 4.90 Å². The highest BCUT2D eigenvalue weighted by Crippen LogP contribution is 2.28. The Hall–Kier alpha value is -1.64. The van der Waals surface area contributed by atoms with Gasteiger partial charge in [-0.3, -0.25) is 0 Å². The lowest BCUT2D eigenvalue weighted by atomic mass is 9.92. The Bertz CT molecular complexity index is 578. The summed E-state index contributed by atoms with van der Waals surface area (Å²) in [7, 11) is 0. The molecule has 0 aromatic heterocycles. The summed E-state index contributed by atoms with van der Waals surface area (Å²) in [4.78, 5) is 2.55. The summed E-state index contributed by atoms with van der Waals surface area (Å²) in [5.74, 6) is -0.169. The molecular weight excluding hydrogens is 275 g/mol. The molecule has 2 heterocycles. The maximum atomic E-state index is 13.0. The average molecular weight is 301 g/mol. The topological polar surface area (TPSA) is 6.25 Å². The van der Waals surface area contributed by atoms with Gasteiger partial charge in [-0.05, 0) is 43.5 Å². The number of hydrogen-bond acceptors (Lipinski definition) is 1. The summed E-state index contributed by atoms with van der Waals surface area (Å²) in [6.07, 6.45) is 9.57. The molecule has 118 valence electrons. The zero-order valence-electron chi connectivity index (χ0n) is 13.7. The van der Waals surface area contributed by atoms with Crippen LogP contribution in [0.5, 0.6) is 0 Å². The van der Waals surface area contributed by atoms with E-state index in [4.69, 9.17) is 0 Å². The van der Waals surface area contributed by atoms with E-state index >= 15 is 0 Å². The smallest absolute Gasteiger partial charge is 0.168 e. The first-order chi connectivity index (χ1) is 10.5. The van der Waals surface area contributed by atoms with E-state index in [0.717, 1.165) is 18.5 Å². The molecule has 1 saturated heterocycles. The van der Waals surface area contributed by atoms with Crippen LogP contribution in [0.1, 0.15) is 45.1 Å². The van der Waals surface area contributed by atoms with Gasteiger partial charge in [0.15, 0.2) is 18.3 Å². The molecule has 3 heteroatoms. The number of likely N-dealkylation sites (tertiary alicyclic amines) is 1. The van der Waals surface area contributed by atoms with E-state index in [-0.39, 0.29) is 11.4 Å². The Kier molecular flexibility index (Phi) is 4.32. The van der Waals surface area contributed by atoms with Crippen molar-refractivity contribution in [2.75, 3.05) is 13.1 Å². The molecule has 2 aliphatic heterocycles. The van der Waals surface area contributed by atoms with E-state index in [1.54, 1.807) is 12.1 Å². The highest BCUT2D eigenvalue weighted by molar-refractivity contribution is 5.68. The van der Waals surface area contributed by atoms with Gasteiger partial charge >= 0.3 is 0 Å². The van der Waals surface area contributed by atoms with Crippen LogP contribution in [0.25, 0.3) is 0 Å². The van der Waals surface area contributed by atoms with Crippen LogP contribution in [0.4, 0.5) is 4.39 Å². The second kappa shape index (κ2) is 6.23. The van der Waals surface area contributed by atoms with Gasteiger partial charge < -0.3 is 4.90 Å². The lowest BCUT2D eigenvalue weighted by Crippen LogP contribution is -2.43. The van der Waals surface area contributed by atoms with Gasteiger partial charge in [0, 0.05) is 44.3 Å². The van der Waals surface area contributed by atoms with E-state index in [1.807, 2.05) is 12.1 Å². The quantitative estimate of drug-likeness (QED) is 0.766. The van der Waals surface area contributed by atoms with Crippen LogP contribution < -0.4 is 0 Å². The van der Waals surface area contributed by atoms with Crippen LogP contribution in [-0.4, -0.2) is 34.3 Å². The van der Waals surface area contributed by atoms with Crippen LogP contribution >= 0.6 is 0 Å². The summed E-state index contributed by atoms with van der Waals surface area (Å²) in [5, 5.41) is 0. The molecule has 2 nitrogen and oxygen atoms in total. The molecule has 22 heavy (non-hydrogen) atoms. The molecule has 1 fully saturated rings. The fourth-order valence-corrected chi connectivity index (χ4v) is 3.43. The first-order valence-corrected chi connectivity index (χ1v) is 8.35. The summed E-state index contributed by atoms with van der Waals surface area (Å²) < 4.78 is 15.4. The van der Waals surface area contributed by atoms with Gasteiger partial charge in [-0.15, -0.1) is 0 Å². The van der Waals surface area contributed by atoms with Gasteiger partial charge in [0.1, 0.15) is 5.82 Å². The Labute approximate surface area is 133 Å². The molecule has 1 aromatic carbocycles. The summed E-state index contributed by atoms with van der Waals surface area (Å²) >= 11 is 0. The Morgan fingerprint density at radius 3 is 2.41 bits per heavy atom. The zero-order valence-corrected chi connectivity index (χ0v) is 13.7. The molecular formula is C19H26FN2+. The zero-order chi connectivity index (χ0) is 15.6. The second-order valence-corrected chi connectivity index (χ2v) is 7.10. The number of nitrogens with zero attached hydrogens (tertiary/aromatic N) is 2. The number of rotatable bonds is 3. The van der Waals surface area contributed by atoms with Gasteiger partial charge in [0.25, 0.3) is 0 Å². The van der Waals surface area contributed by atoms with E-state index in [1.165, 1.54) is 38.0 Å². The lowest BCUT2D eigenvalue weighted by Gasteiger charge is -2.36. The van der Waals surface area contributed by atoms with Crippen molar-refractivity contribution in [2.24, 2.45) is 0 Å². The number of allylic oxidation sites excluding steroid dienone is 1. The van der Waals surface area contributed by atoms with Crippen LogP contribution in [-0.2, 0) is 6.54 Å². The summed E-state index contributed by atoms with van der Waals surface area (Å²) in [5.41, 5.74) is 2.72. The van der Waals surface area contributed by atoms with Crippen LogP contribution in [0, 0.1) is 5.82 Å². The first kappa shape index (κ1) is 15.3. The van der Waals surface area contributed by atoms with Gasteiger partial charge in [-0.2, -0.15) is 0 Å². The molecule has 0 saturated carbocycles. The van der Waals surface area contributed by atoms with Gasteiger partial charge in [0.2, 0.25) is 0 Å². The van der Waals surface area contributed by atoms with Gasteiger partial charge in [-0.25, -0.2) is 8.97 Å². The Morgan fingerprint density at radius 1 is 1.09 bits per heavy atom. The summed E-state index contributed by atoms with van der Waals surface area (Å²) in [6, 6.07) is 6.84. The third kappa shape index (κ3) is 3.40. The molecule has 0 N–H and O–H groups in total. The first-order valence-electron chi connectivity index (χ1n) is 8.35. The predicted octanol–water partition coefficient (Wildman–Crippen LogP) is 3.96. The van der Waals surface area contributed by atoms with Crippen LogP contribution in [0.15, 0.2) is 36.0 Å². The van der Waals surface area contributed by atoms with Crippen molar-refractivity contribution in [3.63, 3.8) is 0 Å². The third-order valence-corrected chi connectivity index (χ3v) is 4.87. The second-order valence-electron chi connectivity index (χ2n) is 7.10. The van der Waals surface area contributed by atoms with E-state index in [2.05, 4.69) is 35.6 Å². The van der Waals surface area contributed by atoms with E-state index in [9.17, 15) is 4.39 Å². The molecule has 0 spiro atoms. The van der Waals surface area contributed by atoms with E-state index < -0.39 is 0 Å². The van der Waals surface area contributed by atoms with Crippen molar-refractivity contribution in [2.45, 2.75) is 51.6 Å². The molecule has 0 aliphatic carbocycles. The molecule has 0 amide bonds. The van der Waals surface area contributed by atoms with Crippen molar-refractivity contribution < 1.29 is 8.97 Å². The van der Waals surface area contributed by atoms with Crippen molar-refractivity contribution in [3.8, 4) is 0 Å². The number of piperidine rings is 1. The lowest BCUT2D eigenvalue weighted by molar-refractivity contribution is -0.612. The molecule has 3 rings (SSSR count). The fourth-order valence-electron chi connectivity index (χ4n) is 3.43. The predicted molar refractivity (Wildman–Crippen MR) is 88.6 cm³/mol. The Morgan fingerprint density at radius 2 is 1.77 bits per heavy atom. The normalized spacial score (nSPS) is 21.3. The molecule has 0 unspecified atom stereocenters. The van der Waals surface area contributed by atoms with E-state index in [0.29, 0.717) is 0 Å². The SMILES string of the molecule is CC1(C)CC(N2CCCCC2)=CC=[N+]1Cc1ccc(F)cc1. The van der Waals surface area contributed by atoms with Gasteiger partial charge in [0.05, 0.1) is 6.42 Å². The van der Waals surface area contributed by atoms with Crippen LogP contribution in [0.2, 0.25) is 0 Å². The molecule has 0 atom stereocenters. The van der Waals surface area contributed by atoms with Crippen molar-refractivity contribution in [3.05, 3.63) is 47.4 Å². The van der Waals surface area contributed by atoms with Crippen LogP contribution in [0.3, 0.4) is 0 Å². The summed E-state index contributed by atoms with van der Waals surface area (Å²) in [6.45, 7) is 7.83. The van der Waals surface area contributed by atoms with Crippen molar-refractivity contribution >= 4 is 6.21 Å². The minimum Gasteiger partial charge on any atom is -0.374 e. The number of hydrogen-bond donors (Lipinski definition) is 0. The minimum absolute atomic E-state index is 0.0932. The maximum absolute atomic E-state index is 13.0.